The van der Waals surface area contributed by atoms with Crippen molar-refractivity contribution in [2.45, 2.75) is 39.8 Å². The van der Waals surface area contributed by atoms with Gasteiger partial charge in [-0.15, -0.1) is 5.10 Å². The highest BCUT2D eigenvalue weighted by Crippen LogP contribution is 2.16. The largest absolute Gasteiger partial charge is 0.324 e. The highest BCUT2D eigenvalue weighted by molar-refractivity contribution is 5.91. The molecule has 0 unspecified atom stereocenters. The van der Waals surface area contributed by atoms with Gasteiger partial charge in [0.1, 0.15) is 12.2 Å². The van der Waals surface area contributed by atoms with E-state index in [1.54, 1.807) is 6.20 Å². The van der Waals surface area contributed by atoms with Crippen LogP contribution in [-0.2, 0) is 16.9 Å². The molecule has 1 aromatic heterocycles. The SMILES string of the molecule is Cc1ccc(C)c(NC(=O)Cn2cc(C(C)(C)N)nn2)c1. The summed E-state index contributed by atoms with van der Waals surface area (Å²) in [5, 5.41) is 10.8. The number of carbonyl (C=O) groups excluding carboxylic acids is 1. The van der Waals surface area contributed by atoms with Gasteiger partial charge in [0.25, 0.3) is 0 Å². The minimum absolute atomic E-state index is 0.108. The Labute approximate surface area is 124 Å². The Kier molecular flexibility index (Phi) is 4.09. The van der Waals surface area contributed by atoms with Crippen LogP contribution in [0.5, 0.6) is 0 Å². The highest BCUT2D eigenvalue weighted by atomic mass is 16.2. The van der Waals surface area contributed by atoms with Gasteiger partial charge >= 0.3 is 0 Å². The van der Waals surface area contributed by atoms with E-state index in [1.165, 1.54) is 4.68 Å². The molecule has 2 aromatic rings. The third-order valence-corrected chi connectivity index (χ3v) is 3.17. The smallest absolute Gasteiger partial charge is 0.246 e. The van der Waals surface area contributed by atoms with Gasteiger partial charge in [-0.3, -0.25) is 4.79 Å². The van der Waals surface area contributed by atoms with E-state index in [0.717, 1.165) is 16.8 Å². The fourth-order valence-corrected chi connectivity index (χ4v) is 1.88. The van der Waals surface area contributed by atoms with E-state index >= 15 is 0 Å². The number of anilines is 1. The van der Waals surface area contributed by atoms with Crippen molar-refractivity contribution in [3.8, 4) is 0 Å². The van der Waals surface area contributed by atoms with E-state index in [0.29, 0.717) is 5.69 Å². The van der Waals surface area contributed by atoms with Crippen molar-refractivity contribution < 1.29 is 4.79 Å². The van der Waals surface area contributed by atoms with E-state index in [-0.39, 0.29) is 12.5 Å². The molecule has 1 aromatic carbocycles. The quantitative estimate of drug-likeness (QED) is 0.896. The Morgan fingerprint density at radius 2 is 2.10 bits per heavy atom. The Morgan fingerprint density at radius 3 is 2.71 bits per heavy atom. The first-order chi connectivity index (χ1) is 9.75. The summed E-state index contributed by atoms with van der Waals surface area (Å²) < 4.78 is 1.49. The lowest BCUT2D eigenvalue weighted by atomic mass is 10.0. The molecule has 0 radical (unpaired) electrons. The summed E-state index contributed by atoms with van der Waals surface area (Å²) in [6, 6.07) is 5.94. The van der Waals surface area contributed by atoms with Crippen molar-refractivity contribution >= 4 is 11.6 Å². The molecule has 0 saturated heterocycles. The van der Waals surface area contributed by atoms with Crippen LogP contribution in [0.1, 0.15) is 30.7 Å². The van der Waals surface area contributed by atoms with Crippen molar-refractivity contribution in [2.75, 3.05) is 5.32 Å². The molecule has 1 amide bonds. The number of hydrogen-bond donors (Lipinski definition) is 2. The molecule has 0 atom stereocenters. The Balaban J connectivity index is 2.05. The molecule has 0 aliphatic rings. The van der Waals surface area contributed by atoms with Crippen molar-refractivity contribution in [3.05, 3.63) is 41.2 Å². The molecule has 0 bridgehead atoms. The number of carbonyl (C=O) groups is 1. The average Bonchev–Trinajstić information content (AvgIpc) is 2.82. The second-order valence-corrected chi connectivity index (χ2v) is 5.89. The highest BCUT2D eigenvalue weighted by Gasteiger charge is 2.19. The molecule has 6 heteroatoms. The summed E-state index contributed by atoms with van der Waals surface area (Å²) in [7, 11) is 0. The van der Waals surface area contributed by atoms with E-state index < -0.39 is 5.54 Å². The molecule has 3 N–H and O–H groups in total. The zero-order valence-corrected chi connectivity index (χ0v) is 12.8. The van der Waals surface area contributed by atoms with Gasteiger partial charge in [-0.1, -0.05) is 17.3 Å². The van der Waals surface area contributed by atoms with Gasteiger partial charge in [-0.05, 0) is 44.9 Å². The van der Waals surface area contributed by atoms with Crippen LogP contribution in [0.15, 0.2) is 24.4 Å². The minimum Gasteiger partial charge on any atom is -0.324 e. The van der Waals surface area contributed by atoms with Gasteiger partial charge in [0.15, 0.2) is 0 Å². The average molecular weight is 287 g/mol. The minimum atomic E-state index is -0.568. The molecule has 0 aliphatic heterocycles. The molecule has 2 rings (SSSR count). The number of rotatable bonds is 4. The van der Waals surface area contributed by atoms with Crippen LogP contribution < -0.4 is 11.1 Å². The van der Waals surface area contributed by atoms with Crippen molar-refractivity contribution in [1.82, 2.24) is 15.0 Å². The van der Waals surface area contributed by atoms with Gasteiger partial charge in [0.05, 0.1) is 11.7 Å². The Bertz CT molecular complexity index is 654. The summed E-state index contributed by atoms with van der Waals surface area (Å²) in [4.78, 5) is 12.1. The fourth-order valence-electron chi connectivity index (χ4n) is 1.88. The zero-order valence-electron chi connectivity index (χ0n) is 12.8. The van der Waals surface area contributed by atoms with E-state index in [1.807, 2.05) is 45.9 Å². The standard InChI is InChI=1S/C15H21N5O/c1-10-5-6-11(2)12(7-10)17-14(21)9-20-8-13(18-19-20)15(3,4)16/h5-8H,9,16H2,1-4H3,(H,17,21). The lowest BCUT2D eigenvalue weighted by molar-refractivity contribution is -0.116. The van der Waals surface area contributed by atoms with Gasteiger partial charge in [-0.2, -0.15) is 0 Å². The number of hydrogen-bond acceptors (Lipinski definition) is 4. The molecule has 6 nitrogen and oxygen atoms in total. The maximum Gasteiger partial charge on any atom is 0.246 e. The van der Waals surface area contributed by atoms with Crippen LogP contribution in [-0.4, -0.2) is 20.9 Å². The summed E-state index contributed by atoms with van der Waals surface area (Å²) >= 11 is 0. The maximum atomic E-state index is 12.1. The van der Waals surface area contributed by atoms with Crippen LogP contribution in [0.25, 0.3) is 0 Å². The van der Waals surface area contributed by atoms with Crippen molar-refractivity contribution in [2.24, 2.45) is 5.73 Å². The molecule has 21 heavy (non-hydrogen) atoms. The topological polar surface area (TPSA) is 85.8 Å². The predicted molar refractivity (Wildman–Crippen MR) is 81.8 cm³/mol. The molecular formula is C15H21N5O. The zero-order chi connectivity index (χ0) is 15.6. The van der Waals surface area contributed by atoms with E-state index in [2.05, 4.69) is 15.6 Å². The fraction of sp³-hybridized carbons (Fsp3) is 0.400. The van der Waals surface area contributed by atoms with Gasteiger partial charge in [-0.25, -0.2) is 4.68 Å². The van der Waals surface area contributed by atoms with Crippen molar-refractivity contribution in [3.63, 3.8) is 0 Å². The van der Waals surface area contributed by atoms with Gasteiger partial charge in [0, 0.05) is 5.69 Å². The molecule has 0 aliphatic carbocycles. The Morgan fingerprint density at radius 1 is 1.38 bits per heavy atom. The first kappa shape index (κ1) is 15.2. The number of benzene rings is 1. The normalized spacial score (nSPS) is 11.5. The van der Waals surface area contributed by atoms with Crippen LogP contribution >= 0.6 is 0 Å². The van der Waals surface area contributed by atoms with Gasteiger partial charge in [0.2, 0.25) is 5.91 Å². The second-order valence-electron chi connectivity index (χ2n) is 5.89. The number of amides is 1. The lowest BCUT2D eigenvalue weighted by Crippen LogP contribution is -2.29. The molecule has 0 fully saturated rings. The number of nitrogens with zero attached hydrogens (tertiary/aromatic N) is 3. The van der Waals surface area contributed by atoms with Crippen LogP contribution in [0.2, 0.25) is 0 Å². The maximum absolute atomic E-state index is 12.1. The summed E-state index contributed by atoms with van der Waals surface area (Å²) in [6.45, 7) is 7.74. The Hall–Kier alpha value is -2.21. The molecule has 112 valence electrons. The third kappa shape index (κ3) is 3.88. The first-order valence-electron chi connectivity index (χ1n) is 6.82. The molecule has 1 heterocycles. The van der Waals surface area contributed by atoms with E-state index in [9.17, 15) is 4.79 Å². The van der Waals surface area contributed by atoms with Crippen LogP contribution in [0.4, 0.5) is 5.69 Å². The monoisotopic (exact) mass is 287 g/mol. The third-order valence-electron chi connectivity index (χ3n) is 3.17. The molecule has 0 spiro atoms. The lowest BCUT2D eigenvalue weighted by Gasteiger charge is -2.13. The number of nitrogens with two attached hydrogens (primary N) is 1. The first-order valence-corrected chi connectivity index (χ1v) is 6.82. The second kappa shape index (κ2) is 5.65. The predicted octanol–water partition coefficient (Wildman–Crippen LogP) is 1.73. The number of aromatic nitrogens is 3. The van der Waals surface area contributed by atoms with E-state index in [4.69, 9.17) is 5.73 Å². The van der Waals surface area contributed by atoms with Crippen LogP contribution in [0.3, 0.4) is 0 Å². The van der Waals surface area contributed by atoms with Gasteiger partial charge < -0.3 is 11.1 Å². The summed E-state index contributed by atoms with van der Waals surface area (Å²) in [6.07, 6.45) is 1.70. The van der Waals surface area contributed by atoms with Crippen molar-refractivity contribution in [1.29, 1.82) is 0 Å². The summed E-state index contributed by atoms with van der Waals surface area (Å²) in [5.74, 6) is -0.144. The summed E-state index contributed by atoms with van der Waals surface area (Å²) in [5.41, 5.74) is 8.98. The molecule has 0 saturated carbocycles. The number of aryl methyl sites for hydroxylation is 2. The number of nitrogens with one attached hydrogen (secondary N) is 1. The molecular weight excluding hydrogens is 266 g/mol. The van der Waals surface area contributed by atoms with Crippen LogP contribution in [0, 0.1) is 13.8 Å².